The first-order valence-corrected chi connectivity index (χ1v) is 8.83. The first-order valence-electron chi connectivity index (χ1n) is 11.5. The number of carbonyl (C=O) groups is 1. The molecule has 3 aromatic rings. The summed E-state index contributed by atoms with van der Waals surface area (Å²) in [5.41, 5.74) is -0.0382. The van der Waals surface area contributed by atoms with E-state index < -0.39 is 25.4 Å². The van der Waals surface area contributed by atoms with Crippen molar-refractivity contribution in [3.63, 3.8) is 0 Å². The Morgan fingerprint density at radius 2 is 2.00 bits per heavy atom. The van der Waals surface area contributed by atoms with Gasteiger partial charge in [-0.2, -0.15) is 5.10 Å². The number of amides is 1. The number of nitrogens with zero attached hydrogens (tertiary/aromatic N) is 4. The lowest BCUT2D eigenvalue weighted by molar-refractivity contribution is -0.120. The average Bonchev–Trinajstić information content (AvgIpc) is 3.15. The molecule has 0 saturated heterocycles. The fraction of sp³-hybridized carbons (Fsp3) is 0.300. The molecule has 0 spiro atoms. The van der Waals surface area contributed by atoms with E-state index >= 15 is 0 Å². The van der Waals surface area contributed by atoms with E-state index in [-0.39, 0.29) is 40.8 Å². The molecule has 0 aliphatic heterocycles. The van der Waals surface area contributed by atoms with Gasteiger partial charge in [-0.25, -0.2) is 14.1 Å². The highest BCUT2D eigenvalue weighted by Gasteiger charge is 2.15. The minimum atomic E-state index is -2.60. The van der Waals surface area contributed by atoms with Crippen LogP contribution in [0.1, 0.15) is 37.9 Å². The van der Waals surface area contributed by atoms with Gasteiger partial charge in [-0.3, -0.25) is 9.78 Å². The molecule has 146 valence electrons. The molecule has 1 aromatic carbocycles. The van der Waals surface area contributed by atoms with E-state index in [2.05, 4.69) is 20.4 Å². The maximum atomic E-state index is 13.8. The molecule has 0 atom stereocenters. The fourth-order valence-electron chi connectivity index (χ4n) is 2.61. The summed E-state index contributed by atoms with van der Waals surface area (Å²) in [4.78, 5) is 20.6. The minimum absolute atomic E-state index is 0.0299. The second-order valence-electron chi connectivity index (χ2n) is 6.00. The number of aromatic nitrogens is 4. The van der Waals surface area contributed by atoms with Crippen molar-refractivity contribution in [3.05, 3.63) is 63.9 Å². The summed E-state index contributed by atoms with van der Waals surface area (Å²) >= 11 is 5.72. The fourth-order valence-corrected chi connectivity index (χ4v) is 2.73. The molecule has 1 N–H and O–H groups in total. The number of benzene rings is 1. The summed E-state index contributed by atoms with van der Waals surface area (Å²) in [5.74, 6) is -0.486. The van der Waals surface area contributed by atoms with Gasteiger partial charge in [-0.05, 0) is 56.5 Å². The molecule has 6 nitrogen and oxygen atoms in total. The Kier molecular flexibility index (Phi) is 4.05. The van der Waals surface area contributed by atoms with E-state index in [9.17, 15) is 9.18 Å². The molecule has 0 fully saturated rings. The van der Waals surface area contributed by atoms with Crippen molar-refractivity contribution in [3.8, 4) is 11.4 Å². The molecular formula is C20H21ClFN5O. The molecule has 0 radical (unpaired) electrons. The maximum Gasteiger partial charge on any atom is 0.227 e. The summed E-state index contributed by atoms with van der Waals surface area (Å²) in [6.45, 7) is -3.08. The van der Waals surface area contributed by atoms with Gasteiger partial charge in [0.1, 0.15) is 11.6 Å². The normalized spacial score (nSPS) is 15.0. The van der Waals surface area contributed by atoms with Crippen molar-refractivity contribution >= 4 is 17.5 Å². The van der Waals surface area contributed by atoms with E-state index in [0.717, 1.165) is 0 Å². The number of hydrogen-bond acceptors (Lipinski definition) is 4. The van der Waals surface area contributed by atoms with Gasteiger partial charge in [-0.15, -0.1) is 0 Å². The molecule has 0 bridgehead atoms. The van der Waals surface area contributed by atoms with Crippen LogP contribution in [0.2, 0.25) is 5.02 Å². The first-order chi connectivity index (χ1) is 15.8. The van der Waals surface area contributed by atoms with E-state index in [1.54, 1.807) is 6.07 Å². The Hall–Kier alpha value is -2.80. The number of halogens is 2. The van der Waals surface area contributed by atoms with Crippen LogP contribution in [-0.4, -0.2) is 25.7 Å². The van der Waals surface area contributed by atoms with Gasteiger partial charge in [0, 0.05) is 38.3 Å². The molecule has 3 rings (SSSR count). The van der Waals surface area contributed by atoms with Crippen LogP contribution < -0.4 is 5.32 Å². The zero-order valence-corrected chi connectivity index (χ0v) is 15.7. The standard InChI is InChI=1S/C20H21ClFN5O/c1-4-27-18(25-20(26-27)15-5-6-16(21)17(22)9-15)10-19(28)23-11-14-7-12(2)24-13(3)8-14/h5-9H,4,10-11H2,1-3H3,(H,23,28)/i2D3,3D3. The minimum Gasteiger partial charge on any atom is -0.352 e. The summed E-state index contributed by atoms with van der Waals surface area (Å²) in [5, 5.41) is 6.90. The van der Waals surface area contributed by atoms with Crippen LogP contribution in [0.15, 0.2) is 30.3 Å². The molecule has 2 aromatic heterocycles. The number of aryl methyl sites for hydroxylation is 3. The maximum absolute atomic E-state index is 13.8. The van der Waals surface area contributed by atoms with Gasteiger partial charge in [0.05, 0.1) is 11.4 Å². The monoisotopic (exact) mass is 407 g/mol. The van der Waals surface area contributed by atoms with Crippen molar-refractivity contribution in [2.24, 2.45) is 0 Å². The predicted molar refractivity (Wildman–Crippen MR) is 105 cm³/mol. The lowest BCUT2D eigenvalue weighted by atomic mass is 10.2. The summed E-state index contributed by atoms with van der Waals surface area (Å²) in [7, 11) is 0. The highest BCUT2D eigenvalue weighted by atomic mass is 35.5. The second-order valence-corrected chi connectivity index (χ2v) is 6.40. The van der Waals surface area contributed by atoms with Crippen LogP contribution in [-0.2, 0) is 24.3 Å². The van der Waals surface area contributed by atoms with Gasteiger partial charge in [0.25, 0.3) is 0 Å². The van der Waals surface area contributed by atoms with Gasteiger partial charge in [0.2, 0.25) is 5.91 Å². The lowest BCUT2D eigenvalue weighted by Gasteiger charge is -2.07. The third kappa shape index (κ3) is 4.72. The highest BCUT2D eigenvalue weighted by molar-refractivity contribution is 6.30. The van der Waals surface area contributed by atoms with Crippen LogP contribution in [0.4, 0.5) is 4.39 Å². The van der Waals surface area contributed by atoms with Gasteiger partial charge >= 0.3 is 0 Å². The first kappa shape index (κ1) is 13.4. The Morgan fingerprint density at radius 1 is 1.25 bits per heavy atom. The van der Waals surface area contributed by atoms with Crippen molar-refractivity contribution < 1.29 is 17.4 Å². The van der Waals surface area contributed by atoms with Gasteiger partial charge in [-0.1, -0.05) is 11.6 Å². The zero-order valence-electron chi connectivity index (χ0n) is 21.0. The SMILES string of the molecule is [2H]C([2H])([2H])c1cc(CNC(=O)Cc2nc(-c3ccc(Cl)c(F)c3)nn2CC)cc(C([2H])([2H])[2H])n1. The zero-order chi connectivity index (χ0) is 25.3. The summed E-state index contributed by atoms with van der Waals surface area (Å²) < 4.78 is 60.5. The number of hydrogen-bond donors (Lipinski definition) is 1. The van der Waals surface area contributed by atoms with Crippen LogP contribution in [0, 0.1) is 19.5 Å². The van der Waals surface area contributed by atoms with Crippen LogP contribution >= 0.6 is 11.6 Å². The summed E-state index contributed by atoms with van der Waals surface area (Å²) in [6.07, 6.45) is -0.153. The molecule has 1 amide bonds. The highest BCUT2D eigenvalue weighted by Crippen LogP contribution is 2.22. The van der Waals surface area contributed by atoms with Crippen LogP contribution in [0.5, 0.6) is 0 Å². The number of pyridine rings is 1. The Labute approximate surface area is 176 Å². The average molecular weight is 408 g/mol. The number of rotatable bonds is 6. The quantitative estimate of drug-likeness (QED) is 0.677. The van der Waals surface area contributed by atoms with Gasteiger partial charge < -0.3 is 5.32 Å². The molecule has 0 aliphatic carbocycles. The van der Waals surface area contributed by atoms with Crippen molar-refractivity contribution in [2.75, 3.05) is 0 Å². The molecule has 0 unspecified atom stereocenters. The van der Waals surface area contributed by atoms with E-state index in [1.807, 2.05) is 6.92 Å². The second kappa shape index (κ2) is 8.48. The van der Waals surface area contributed by atoms with Crippen molar-refractivity contribution in [2.45, 2.75) is 40.1 Å². The Balaban J connectivity index is 1.76. The summed E-state index contributed by atoms with van der Waals surface area (Å²) in [6, 6.07) is 6.64. The molecule has 0 aliphatic rings. The Morgan fingerprint density at radius 3 is 2.64 bits per heavy atom. The third-order valence-electron chi connectivity index (χ3n) is 3.92. The van der Waals surface area contributed by atoms with Crippen LogP contribution in [0.25, 0.3) is 11.4 Å². The molecule has 28 heavy (non-hydrogen) atoms. The lowest BCUT2D eigenvalue weighted by Crippen LogP contribution is -2.26. The van der Waals surface area contributed by atoms with E-state index in [0.29, 0.717) is 17.9 Å². The molecular weight excluding hydrogens is 381 g/mol. The Bertz CT molecular complexity index is 1180. The molecule has 2 heterocycles. The largest absolute Gasteiger partial charge is 0.352 e. The number of carbonyl (C=O) groups excluding carboxylic acids is 1. The smallest absolute Gasteiger partial charge is 0.227 e. The van der Waals surface area contributed by atoms with Crippen molar-refractivity contribution in [1.29, 1.82) is 0 Å². The third-order valence-corrected chi connectivity index (χ3v) is 4.23. The van der Waals surface area contributed by atoms with E-state index in [1.165, 1.54) is 28.9 Å². The van der Waals surface area contributed by atoms with Gasteiger partial charge in [0.15, 0.2) is 5.82 Å². The van der Waals surface area contributed by atoms with Crippen LogP contribution in [0.3, 0.4) is 0 Å². The van der Waals surface area contributed by atoms with Crippen molar-refractivity contribution in [1.82, 2.24) is 25.1 Å². The predicted octanol–water partition coefficient (Wildman–Crippen LogP) is 3.63. The molecule has 8 heteroatoms. The van der Waals surface area contributed by atoms with E-state index in [4.69, 9.17) is 19.8 Å². The molecule has 0 saturated carbocycles. The topological polar surface area (TPSA) is 72.7 Å². The number of nitrogens with one attached hydrogen (secondary N) is 1.